The van der Waals surface area contributed by atoms with E-state index in [4.69, 9.17) is 5.84 Å². The van der Waals surface area contributed by atoms with E-state index < -0.39 is 0 Å². The maximum Gasteiger partial charge on any atom is 0.255 e. The molecule has 100 valence electrons. The molecule has 19 heavy (non-hydrogen) atoms. The molecule has 1 unspecified atom stereocenters. The standard InChI is InChI=1S/C12H16N6O/c1-9(8-18-7-3-6-15-18)16-12(19)10-4-2-5-14-11(10)17-13/h2-7,9H,8,13H2,1H3,(H,14,17)(H,16,19). The topological polar surface area (TPSA) is 97.9 Å². The van der Waals surface area contributed by atoms with Crippen molar-refractivity contribution in [1.29, 1.82) is 0 Å². The number of aromatic nitrogens is 3. The van der Waals surface area contributed by atoms with Gasteiger partial charge in [-0.25, -0.2) is 10.8 Å². The fourth-order valence-corrected chi connectivity index (χ4v) is 1.74. The number of anilines is 1. The van der Waals surface area contributed by atoms with Crippen LogP contribution < -0.4 is 16.6 Å². The van der Waals surface area contributed by atoms with Crippen LogP contribution in [0.25, 0.3) is 0 Å². The fraction of sp³-hybridized carbons (Fsp3) is 0.250. The molecule has 0 saturated heterocycles. The van der Waals surface area contributed by atoms with Crippen LogP contribution in [0.4, 0.5) is 5.82 Å². The number of nitrogens with two attached hydrogens (primary N) is 1. The zero-order valence-corrected chi connectivity index (χ0v) is 10.6. The number of hydrazine groups is 1. The van der Waals surface area contributed by atoms with E-state index in [1.54, 1.807) is 29.2 Å². The molecule has 2 aromatic heterocycles. The van der Waals surface area contributed by atoms with Crippen molar-refractivity contribution in [2.45, 2.75) is 19.5 Å². The summed E-state index contributed by atoms with van der Waals surface area (Å²) in [5.41, 5.74) is 2.82. The number of carbonyl (C=O) groups excluding carboxylic acids is 1. The number of nitrogens with one attached hydrogen (secondary N) is 2. The fourth-order valence-electron chi connectivity index (χ4n) is 1.74. The van der Waals surface area contributed by atoms with Crippen LogP contribution in [0.15, 0.2) is 36.8 Å². The number of carbonyl (C=O) groups is 1. The maximum atomic E-state index is 12.1. The largest absolute Gasteiger partial charge is 0.348 e. The van der Waals surface area contributed by atoms with E-state index in [2.05, 4.69) is 20.8 Å². The minimum absolute atomic E-state index is 0.0572. The van der Waals surface area contributed by atoms with Crippen LogP contribution in [-0.4, -0.2) is 26.7 Å². The van der Waals surface area contributed by atoms with Crippen LogP contribution in [0.5, 0.6) is 0 Å². The lowest BCUT2D eigenvalue weighted by atomic mass is 10.2. The van der Waals surface area contributed by atoms with E-state index in [0.29, 0.717) is 17.9 Å². The van der Waals surface area contributed by atoms with Gasteiger partial charge in [-0.2, -0.15) is 5.10 Å². The summed E-state index contributed by atoms with van der Waals surface area (Å²) in [5.74, 6) is 5.45. The van der Waals surface area contributed by atoms with E-state index in [0.717, 1.165) is 0 Å². The van der Waals surface area contributed by atoms with Gasteiger partial charge in [-0.3, -0.25) is 9.48 Å². The van der Waals surface area contributed by atoms with E-state index in [9.17, 15) is 4.79 Å². The Kier molecular flexibility index (Phi) is 4.09. The molecular formula is C12H16N6O. The van der Waals surface area contributed by atoms with Crippen LogP contribution in [0.1, 0.15) is 17.3 Å². The van der Waals surface area contributed by atoms with Crippen LogP contribution in [-0.2, 0) is 6.54 Å². The maximum absolute atomic E-state index is 12.1. The molecule has 1 atom stereocenters. The van der Waals surface area contributed by atoms with Gasteiger partial charge in [-0.05, 0) is 25.1 Å². The van der Waals surface area contributed by atoms with Crippen LogP contribution in [0.2, 0.25) is 0 Å². The highest BCUT2D eigenvalue weighted by molar-refractivity contribution is 5.98. The molecule has 7 heteroatoms. The molecule has 0 aliphatic rings. The zero-order chi connectivity index (χ0) is 13.7. The van der Waals surface area contributed by atoms with Gasteiger partial charge < -0.3 is 10.7 Å². The van der Waals surface area contributed by atoms with Gasteiger partial charge in [-0.1, -0.05) is 0 Å². The number of pyridine rings is 1. The number of rotatable bonds is 5. The summed E-state index contributed by atoms with van der Waals surface area (Å²) >= 11 is 0. The average molecular weight is 260 g/mol. The Morgan fingerprint density at radius 3 is 3.00 bits per heavy atom. The zero-order valence-electron chi connectivity index (χ0n) is 10.6. The van der Waals surface area contributed by atoms with E-state index in [1.165, 1.54) is 0 Å². The van der Waals surface area contributed by atoms with E-state index in [1.807, 2.05) is 19.2 Å². The van der Waals surface area contributed by atoms with Gasteiger partial charge in [0.2, 0.25) is 0 Å². The van der Waals surface area contributed by atoms with Crippen LogP contribution in [0, 0.1) is 0 Å². The molecule has 4 N–H and O–H groups in total. The number of hydrogen-bond donors (Lipinski definition) is 3. The van der Waals surface area contributed by atoms with Gasteiger partial charge in [0.05, 0.1) is 12.1 Å². The minimum Gasteiger partial charge on any atom is -0.348 e. The third-order valence-electron chi connectivity index (χ3n) is 2.59. The molecule has 0 aromatic carbocycles. The molecule has 1 amide bonds. The second-order valence-corrected chi connectivity index (χ2v) is 4.15. The second-order valence-electron chi connectivity index (χ2n) is 4.15. The van der Waals surface area contributed by atoms with Crippen LogP contribution in [0.3, 0.4) is 0 Å². The lowest BCUT2D eigenvalue weighted by Gasteiger charge is -2.15. The van der Waals surface area contributed by atoms with Crippen molar-refractivity contribution in [2.24, 2.45) is 5.84 Å². The first-order valence-corrected chi connectivity index (χ1v) is 5.90. The number of nitrogen functional groups attached to an aromatic ring is 1. The van der Waals surface area contributed by atoms with Crippen LogP contribution >= 0.6 is 0 Å². The number of hydrogen-bond acceptors (Lipinski definition) is 5. The molecule has 2 rings (SSSR count). The summed E-state index contributed by atoms with van der Waals surface area (Å²) in [4.78, 5) is 16.1. The molecule has 2 aromatic rings. The van der Waals surface area contributed by atoms with Gasteiger partial charge >= 0.3 is 0 Å². The molecule has 0 fully saturated rings. The highest BCUT2D eigenvalue weighted by atomic mass is 16.1. The minimum atomic E-state index is -0.222. The van der Waals surface area contributed by atoms with Crippen molar-refractivity contribution in [3.05, 3.63) is 42.4 Å². The van der Waals surface area contributed by atoms with Crippen molar-refractivity contribution in [3.63, 3.8) is 0 Å². The molecular weight excluding hydrogens is 244 g/mol. The molecule has 0 radical (unpaired) electrons. The van der Waals surface area contributed by atoms with Crippen molar-refractivity contribution < 1.29 is 4.79 Å². The molecule has 7 nitrogen and oxygen atoms in total. The predicted octanol–water partition coefficient (Wildman–Crippen LogP) is 0.382. The Labute approximate surface area is 110 Å². The Morgan fingerprint density at radius 2 is 2.32 bits per heavy atom. The van der Waals surface area contributed by atoms with E-state index in [-0.39, 0.29) is 11.9 Å². The monoisotopic (exact) mass is 260 g/mol. The molecule has 0 saturated carbocycles. The smallest absolute Gasteiger partial charge is 0.255 e. The van der Waals surface area contributed by atoms with Crippen molar-refractivity contribution in [3.8, 4) is 0 Å². The van der Waals surface area contributed by atoms with Crippen molar-refractivity contribution >= 4 is 11.7 Å². The lowest BCUT2D eigenvalue weighted by molar-refractivity contribution is 0.0936. The molecule has 0 spiro atoms. The Bertz CT molecular complexity index is 539. The summed E-state index contributed by atoms with van der Waals surface area (Å²) < 4.78 is 1.76. The summed E-state index contributed by atoms with van der Waals surface area (Å²) in [6.07, 6.45) is 5.12. The predicted molar refractivity (Wildman–Crippen MR) is 71.2 cm³/mol. The van der Waals surface area contributed by atoms with Gasteiger partial charge in [0.15, 0.2) is 5.82 Å². The van der Waals surface area contributed by atoms with Gasteiger partial charge in [0.1, 0.15) is 0 Å². The summed E-state index contributed by atoms with van der Waals surface area (Å²) in [6, 6.07) is 5.14. The number of nitrogens with zero attached hydrogens (tertiary/aromatic N) is 3. The van der Waals surface area contributed by atoms with Crippen molar-refractivity contribution in [2.75, 3.05) is 5.43 Å². The number of amides is 1. The SMILES string of the molecule is CC(Cn1cccn1)NC(=O)c1cccnc1NN. The summed E-state index contributed by atoms with van der Waals surface area (Å²) in [6.45, 7) is 2.51. The second kappa shape index (κ2) is 5.96. The summed E-state index contributed by atoms with van der Waals surface area (Å²) in [5, 5.41) is 6.96. The molecule has 0 aliphatic heterocycles. The highest BCUT2D eigenvalue weighted by Crippen LogP contribution is 2.09. The summed E-state index contributed by atoms with van der Waals surface area (Å²) in [7, 11) is 0. The molecule has 0 bridgehead atoms. The Morgan fingerprint density at radius 1 is 1.47 bits per heavy atom. The highest BCUT2D eigenvalue weighted by Gasteiger charge is 2.14. The van der Waals surface area contributed by atoms with Gasteiger partial charge in [-0.15, -0.1) is 0 Å². The average Bonchev–Trinajstić information content (AvgIpc) is 2.91. The third-order valence-corrected chi connectivity index (χ3v) is 2.59. The first-order chi connectivity index (χ1) is 9.20. The first kappa shape index (κ1) is 13.0. The van der Waals surface area contributed by atoms with Gasteiger partial charge in [0, 0.05) is 24.6 Å². The molecule has 0 aliphatic carbocycles. The van der Waals surface area contributed by atoms with Gasteiger partial charge in [0.25, 0.3) is 5.91 Å². The van der Waals surface area contributed by atoms with E-state index >= 15 is 0 Å². The molecule has 2 heterocycles. The quantitative estimate of drug-likeness (QED) is 0.533. The van der Waals surface area contributed by atoms with Crippen molar-refractivity contribution in [1.82, 2.24) is 20.1 Å². The first-order valence-electron chi connectivity index (χ1n) is 5.90. The normalized spacial score (nSPS) is 11.9. The lowest BCUT2D eigenvalue weighted by Crippen LogP contribution is -2.36. The Hall–Kier alpha value is -2.41. The Balaban J connectivity index is 2.00. The third kappa shape index (κ3) is 3.29.